The number of amides is 3. The number of ether oxygens (including phenoxy) is 1. The number of nitrogens with zero attached hydrogens (tertiary/aromatic N) is 2. The van der Waals surface area contributed by atoms with E-state index in [9.17, 15) is 19.2 Å². The van der Waals surface area contributed by atoms with Gasteiger partial charge in [-0.3, -0.25) is 14.4 Å². The van der Waals surface area contributed by atoms with Gasteiger partial charge in [-0.05, 0) is 43.7 Å². The highest BCUT2D eigenvalue weighted by atomic mass is 16.5. The molecule has 1 saturated heterocycles. The molecule has 2 atom stereocenters. The second kappa shape index (κ2) is 8.90. The summed E-state index contributed by atoms with van der Waals surface area (Å²) >= 11 is 0. The van der Waals surface area contributed by atoms with E-state index in [4.69, 9.17) is 4.74 Å². The molecule has 30 heavy (non-hydrogen) atoms. The number of carbonyl (C=O) groups is 4. The van der Waals surface area contributed by atoms with Gasteiger partial charge >= 0.3 is 5.97 Å². The zero-order valence-electron chi connectivity index (χ0n) is 17.2. The van der Waals surface area contributed by atoms with E-state index in [0.29, 0.717) is 11.3 Å². The molecule has 0 N–H and O–H groups in total. The third-order valence-electron chi connectivity index (χ3n) is 5.16. The summed E-state index contributed by atoms with van der Waals surface area (Å²) in [6.07, 6.45) is -0.0881. The van der Waals surface area contributed by atoms with Crippen LogP contribution in [0.15, 0.2) is 54.6 Å². The average Bonchev–Trinajstić information content (AvgIpc) is 3.02. The van der Waals surface area contributed by atoms with E-state index in [1.807, 2.05) is 37.3 Å². The number of benzene rings is 2. The summed E-state index contributed by atoms with van der Waals surface area (Å²) in [4.78, 5) is 52.6. The van der Waals surface area contributed by atoms with Gasteiger partial charge in [-0.1, -0.05) is 30.3 Å². The lowest BCUT2D eigenvalue weighted by Gasteiger charge is -2.32. The van der Waals surface area contributed by atoms with E-state index in [-0.39, 0.29) is 30.9 Å². The van der Waals surface area contributed by atoms with Crippen LogP contribution in [0.2, 0.25) is 0 Å². The van der Waals surface area contributed by atoms with Crippen molar-refractivity contribution >= 4 is 29.4 Å². The predicted molar refractivity (Wildman–Crippen MR) is 111 cm³/mol. The highest BCUT2D eigenvalue weighted by Crippen LogP contribution is 2.31. The zero-order chi connectivity index (χ0) is 21.8. The molecule has 2 aromatic rings. The lowest BCUT2D eigenvalue weighted by atomic mass is 10.0. The summed E-state index contributed by atoms with van der Waals surface area (Å²) in [7, 11) is 0. The van der Waals surface area contributed by atoms with Gasteiger partial charge in [-0.15, -0.1) is 0 Å². The van der Waals surface area contributed by atoms with Crippen LogP contribution in [-0.4, -0.2) is 41.2 Å². The maximum absolute atomic E-state index is 13.1. The van der Waals surface area contributed by atoms with Gasteiger partial charge in [0.15, 0.2) is 0 Å². The van der Waals surface area contributed by atoms with Crippen molar-refractivity contribution in [3.8, 4) is 0 Å². The monoisotopic (exact) mass is 408 g/mol. The quantitative estimate of drug-likeness (QED) is 0.542. The Labute approximate surface area is 175 Å². The molecule has 0 radical (unpaired) electrons. The molecule has 7 nitrogen and oxygen atoms in total. The first-order valence-electron chi connectivity index (χ1n) is 9.83. The first-order valence-corrected chi connectivity index (χ1v) is 9.83. The van der Waals surface area contributed by atoms with E-state index >= 15 is 0 Å². The van der Waals surface area contributed by atoms with Crippen LogP contribution < -0.4 is 4.90 Å². The van der Waals surface area contributed by atoms with Crippen LogP contribution in [0.25, 0.3) is 0 Å². The Bertz CT molecular complexity index is 955. The van der Waals surface area contributed by atoms with Crippen molar-refractivity contribution < 1.29 is 23.9 Å². The van der Waals surface area contributed by atoms with Crippen LogP contribution in [-0.2, 0) is 19.1 Å². The van der Waals surface area contributed by atoms with Gasteiger partial charge in [-0.2, -0.15) is 0 Å². The van der Waals surface area contributed by atoms with Gasteiger partial charge in [-0.25, -0.2) is 9.69 Å². The molecule has 3 rings (SSSR count). The second-order valence-electron chi connectivity index (χ2n) is 7.07. The van der Waals surface area contributed by atoms with Crippen LogP contribution in [0.4, 0.5) is 5.69 Å². The predicted octanol–water partition coefficient (Wildman–Crippen LogP) is 3.10. The summed E-state index contributed by atoms with van der Waals surface area (Å²) in [5.74, 6) is -1.60. The molecule has 0 saturated carbocycles. The Morgan fingerprint density at radius 2 is 1.73 bits per heavy atom. The minimum Gasteiger partial charge on any atom is -0.462 e. The van der Waals surface area contributed by atoms with Crippen LogP contribution in [0, 0.1) is 0 Å². The Hall–Kier alpha value is -3.48. The molecule has 1 aliphatic rings. The summed E-state index contributed by atoms with van der Waals surface area (Å²) in [5.41, 5.74) is 1.57. The highest BCUT2D eigenvalue weighted by Gasteiger charge is 2.45. The van der Waals surface area contributed by atoms with Crippen molar-refractivity contribution in [2.24, 2.45) is 0 Å². The fourth-order valence-corrected chi connectivity index (χ4v) is 3.72. The molecule has 1 aliphatic heterocycles. The molecular formula is C23H24N2O5. The lowest BCUT2D eigenvalue weighted by molar-refractivity contribution is -0.139. The topological polar surface area (TPSA) is 84.0 Å². The molecule has 0 aliphatic carbocycles. The first kappa shape index (κ1) is 21.2. The number of imide groups is 1. The molecule has 2 aromatic carbocycles. The maximum Gasteiger partial charge on any atom is 0.338 e. The van der Waals surface area contributed by atoms with Crippen molar-refractivity contribution in [1.29, 1.82) is 0 Å². The summed E-state index contributed by atoms with van der Waals surface area (Å²) in [5, 5.41) is 0. The third kappa shape index (κ3) is 4.10. The van der Waals surface area contributed by atoms with Crippen molar-refractivity contribution in [3.05, 3.63) is 65.7 Å². The van der Waals surface area contributed by atoms with Crippen LogP contribution in [0.1, 0.15) is 49.2 Å². The fraction of sp³-hybridized carbons (Fsp3) is 0.304. The van der Waals surface area contributed by atoms with Crippen molar-refractivity contribution in [2.45, 2.75) is 39.3 Å². The first-order chi connectivity index (χ1) is 14.3. The Kier molecular flexibility index (Phi) is 6.30. The lowest BCUT2D eigenvalue weighted by Crippen LogP contribution is -2.45. The molecule has 0 spiro atoms. The Balaban J connectivity index is 1.85. The van der Waals surface area contributed by atoms with E-state index in [1.165, 1.54) is 36.1 Å². The standard InChI is InChI=1S/C23H24N2O5/c1-4-30-23(29)18-10-12-19(13-11-18)25-21(27)14-20(22(25)28)24(16(3)26)15(2)17-8-6-5-7-9-17/h5-13,15,20H,4,14H2,1-3H3. The number of hydrogen-bond acceptors (Lipinski definition) is 5. The van der Waals surface area contributed by atoms with E-state index in [1.54, 1.807) is 6.92 Å². The fourth-order valence-electron chi connectivity index (χ4n) is 3.72. The smallest absolute Gasteiger partial charge is 0.338 e. The number of carbonyl (C=O) groups excluding carboxylic acids is 4. The van der Waals surface area contributed by atoms with E-state index in [2.05, 4.69) is 0 Å². The Morgan fingerprint density at radius 1 is 1.10 bits per heavy atom. The molecule has 7 heteroatoms. The minimum absolute atomic E-state index is 0.0881. The zero-order valence-corrected chi connectivity index (χ0v) is 17.2. The van der Waals surface area contributed by atoms with Gasteiger partial charge in [0, 0.05) is 6.92 Å². The average molecular weight is 408 g/mol. The molecule has 0 bridgehead atoms. The van der Waals surface area contributed by atoms with Gasteiger partial charge in [0.05, 0.1) is 30.3 Å². The highest BCUT2D eigenvalue weighted by molar-refractivity contribution is 6.23. The number of esters is 1. The third-order valence-corrected chi connectivity index (χ3v) is 5.16. The molecule has 0 aromatic heterocycles. The van der Waals surface area contributed by atoms with Gasteiger partial charge in [0.1, 0.15) is 6.04 Å². The molecule has 2 unspecified atom stereocenters. The van der Waals surface area contributed by atoms with E-state index in [0.717, 1.165) is 10.5 Å². The summed E-state index contributed by atoms with van der Waals surface area (Å²) < 4.78 is 4.95. The molecule has 156 valence electrons. The number of hydrogen-bond donors (Lipinski definition) is 0. The van der Waals surface area contributed by atoms with E-state index < -0.39 is 17.9 Å². The van der Waals surface area contributed by atoms with Crippen molar-refractivity contribution in [2.75, 3.05) is 11.5 Å². The van der Waals surface area contributed by atoms with Gasteiger partial charge < -0.3 is 9.64 Å². The van der Waals surface area contributed by atoms with Crippen LogP contribution in [0.5, 0.6) is 0 Å². The summed E-state index contributed by atoms with van der Waals surface area (Å²) in [6, 6.07) is 14.2. The Morgan fingerprint density at radius 3 is 2.30 bits per heavy atom. The van der Waals surface area contributed by atoms with Crippen LogP contribution in [0.3, 0.4) is 0 Å². The molecular weight excluding hydrogens is 384 g/mol. The largest absolute Gasteiger partial charge is 0.462 e. The van der Waals surface area contributed by atoms with Gasteiger partial charge in [0.25, 0.3) is 5.91 Å². The molecule has 1 heterocycles. The minimum atomic E-state index is -0.880. The second-order valence-corrected chi connectivity index (χ2v) is 7.07. The molecule has 3 amide bonds. The molecule has 1 fully saturated rings. The van der Waals surface area contributed by atoms with Crippen LogP contribution >= 0.6 is 0 Å². The summed E-state index contributed by atoms with van der Waals surface area (Å²) in [6.45, 7) is 5.20. The SMILES string of the molecule is CCOC(=O)c1ccc(N2C(=O)CC(N(C(C)=O)C(C)c3ccccc3)C2=O)cc1. The number of rotatable bonds is 6. The normalized spacial score (nSPS) is 17.0. The number of anilines is 1. The maximum atomic E-state index is 13.1. The van der Waals surface area contributed by atoms with Crippen molar-refractivity contribution in [3.63, 3.8) is 0 Å². The van der Waals surface area contributed by atoms with Gasteiger partial charge in [0.2, 0.25) is 11.8 Å². The van der Waals surface area contributed by atoms with Crippen molar-refractivity contribution in [1.82, 2.24) is 4.90 Å².